The van der Waals surface area contributed by atoms with Crippen LogP contribution >= 0.6 is 0 Å². The summed E-state index contributed by atoms with van der Waals surface area (Å²) in [5.41, 5.74) is 2.32. The molecule has 0 aliphatic rings. The van der Waals surface area contributed by atoms with E-state index in [1.54, 1.807) is 0 Å². The van der Waals surface area contributed by atoms with Crippen molar-refractivity contribution in [2.24, 2.45) is 7.05 Å². The van der Waals surface area contributed by atoms with Crippen LogP contribution in [-0.4, -0.2) is 22.8 Å². The van der Waals surface area contributed by atoms with Crippen LogP contribution < -0.4 is 0 Å². The summed E-state index contributed by atoms with van der Waals surface area (Å²) >= 11 is 0. The van der Waals surface area contributed by atoms with E-state index in [4.69, 9.17) is 5.11 Å². The van der Waals surface area contributed by atoms with Gasteiger partial charge in [-0.3, -0.25) is 0 Å². The number of esters is 1. The van der Waals surface area contributed by atoms with Gasteiger partial charge in [-0.15, -0.1) is 0 Å². The first-order chi connectivity index (χ1) is 8.67. The normalized spacial score (nSPS) is 11.8. The average molecular weight is 245 g/mol. The molecule has 0 radical (unpaired) electrons. The van der Waals surface area contributed by atoms with Crippen molar-refractivity contribution >= 4 is 16.9 Å². The van der Waals surface area contributed by atoms with E-state index in [9.17, 15) is 4.79 Å². The molecule has 0 fully saturated rings. The van der Waals surface area contributed by atoms with Gasteiger partial charge in [0, 0.05) is 30.6 Å². The quantitative estimate of drug-likeness (QED) is 0.513. The number of nitrogens with zero attached hydrogens (tertiary/aromatic N) is 1. The van der Waals surface area contributed by atoms with E-state index in [1.165, 1.54) is 7.11 Å². The third-order valence-electron chi connectivity index (χ3n) is 2.96. The second kappa shape index (κ2) is 4.96. The van der Waals surface area contributed by atoms with Crippen molar-refractivity contribution in [2.45, 2.75) is 6.42 Å². The number of hydrogen-bond acceptors (Lipinski definition) is 3. The van der Waals surface area contributed by atoms with Crippen LogP contribution in [0.1, 0.15) is 5.56 Å². The monoisotopic (exact) mass is 245 g/mol. The fraction of sp³-hybridized carbons (Fsp3) is 0.214. The SMILES string of the molecule is COC(=O)C(=CO)Cc1cn(C)c2ccccc12. The van der Waals surface area contributed by atoms with Crippen LogP contribution in [0.2, 0.25) is 0 Å². The molecule has 4 nitrogen and oxygen atoms in total. The van der Waals surface area contributed by atoms with Gasteiger partial charge in [-0.05, 0) is 11.6 Å². The predicted molar refractivity (Wildman–Crippen MR) is 69.4 cm³/mol. The number of carbonyl (C=O) groups is 1. The van der Waals surface area contributed by atoms with Crippen LogP contribution in [0.3, 0.4) is 0 Å². The molecular formula is C14H15NO3. The van der Waals surface area contributed by atoms with Crippen molar-refractivity contribution in [2.75, 3.05) is 7.11 Å². The van der Waals surface area contributed by atoms with E-state index in [2.05, 4.69) is 4.74 Å². The van der Waals surface area contributed by atoms with E-state index in [0.29, 0.717) is 6.42 Å². The highest BCUT2D eigenvalue weighted by Crippen LogP contribution is 2.22. The van der Waals surface area contributed by atoms with E-state index >= 15 is 0 Å². The number of aryl methyl sites for hydroxylation is 1. The summed E-state index contributed by atoms with van der Waals surface area (Å²) in [5, 5.41) is 10.2. The minimum absolute atomic E-state index is 0.244. The molecule has 94 valence electrons. The summed E-state index contributed by atoms with van der Waals surface area (Å²) in [6.07, 6.45) is 3.12. The largest absolute Gasteiger partial charge is 0.515 e. The number of carbonyl (C=O) groups excluding carboxylic acids is 1. The molecule has 0 aliphatic heterocycles. The number of para-hydroxylation sites is 1. The first-order valence-corrected chi connectivity index (χ1v) is 5.62. The zero-order chi connectivity index (χ0) is 13.1. The van der Waals surface area contributed by atoms with Crippen LogP contribution in [0.15, 0.2) is 42.3 Å². The lowest BCUT2D eigenvalue weighted by Gasteiger charge is -2.02. The summed E-state index contributed by atoms with van der Waals surface area (Å²) in [5.74, 6) is -0.509. The lowest BCUT2D eigenvalue weighted by Crippen LogP contribution is -2.07. The first kappa shape index (κ1) is 12.2. The number of methoxy groups -OCH3 is 1. The Morgan fingerprint density at radius 2 is 2.17 bits per heavy atom. The molecule has 1 heterocycles. The van der Waals surface area contributed by atoms with Crippen molar-refractivity contribution in [1.82, 2.24) is 4.57 Å². The van der Waals surface area contributed by atoms with Crippen molar-refractivity contribution in [3.8, 4) is 0 Å². The Morgan fingerprint density at radius 3 is 2.83 bits per heavy atom. The lowest BCUT2D eigenvalue weighted by atomic mass is 10.1. The Balaban J connectivity index is 2.41. The van der Waals surface area contributed by atoms with Gasteiger partial charge in [0.1, 0.15) is 0 Å². The summed E-state index contributed by atoms with van der Waals surface area (Å²) in [7, 11) is 3.25. The van der Waals surface area contributed by atoms with E-state index in [-0.39, 0.29) is 5.57 Å². The van der Waals surface area contributed by atoms with Gasteiger partial charge in [-0.25, -0.2) is 4.79 Å². The molecule has 1 aromatic carbocycles. The molecule has 0 spiro atoms. The molecule has 18 heavy (non-hydrogen) atoms. The molecule has 1 aromatic heterocycles. The second-order valence-electron chi connectivity index (χ2n) is 4.11. The summed E-state index contributed by atoms with van der Waals surface area (Å²) in [6.45, 7) is 0. The molecule has 0 bridgehead atoms. The fourth-order valence-electron chi connectivity index (χ4n) is 2.07. The van der Waals surface area contributed by atoms with Crippen LogP contribution in [-0.2, 0) is 23.0 Å². The summed E-state index contributed by atoms with van der Waals surface area (Å²) in [6, 6.07) is 7.93. The fourth-order valence-corrected chi connectivity index (χ4v) is 2.07. The zero-order valence-electron chi connectivity index (χ0n) is 10.4. The van der Waals surface area contributed by atoms with Gasteiger partial charge in [0.2, 0.25) is 0 Å². The molecule has 0 saturated heterocycles. The maximum atomic E-state index is 11.4. The average Bonchev–Trinajstić information content (AvgIpc) is 2.72. The number of hydrogen-bond donors (Lipinski definition) is 1. The maximum absolute atomic E-state index is 11.4. The molecule has 2 aromatic rings. The minimum atomic E-state index is -0.509. The molecule has 0 atom stereocenters. The predicted octanol–water partition coefficient (Wildman–Crippen LogP) is 2.34. The molecule has 2 rings (SSSR count). The van der Waals surface area contributed by atoms with Crippen molar-refractivity contribution < 1.29 is 14.6 Å². The minimum Gasteiger partial charge on any atom is -0.515 e. The summed E-state index contributed by atoms with van der Waals surface area (Å²) < 4.78 is 6.62. The highest BCUT2D eigenvalue weighted by atomic mass is 16.5. The Kier molecular flexibility index (Phi) is 3.37. The summed E-state index contributed by atoms with van der Waals surface area (Å²) in [4.78, 5) is 11.4. The Hall–Kier alpha value is -2.23. The number of aromatic nitrogens is 1. The Labute approximate surface area is 105 Å². The van der Waals surface area contributed by atoms with Crippen LogP contribution in [0.5, 0.6) is 0 Å². The van der Waals surface area contributed by atoms with Gasteiger partial charge < -0.3 is 14.4 Å². The van der Waals surface area contributed by atoms with Gasteiger partial charge >= 0.3 is 5.97 Å². The van der Waals surface area contributed by atoms with Gasteiger partial charge in [0.15, 0.2) is 0 Å². The number of benzene rings is 1. The van der Waals surface area contributed by atoms with Gasteiger partial charge in [-0.2, -0.15) is 0 Å². The van der Waals surface area contributed by atoms with Crippen molar-refractivity contribution in [3.63, 3.8) is 0 Å². The molecule has 4 heteroatoms. The maximum Gasteiger partial charge on any atom is 0.337 e. The van der Waals surface area contributed by atoms with Gasteiger partial charge in [0.05, 0.1) is 18.9 Å². The van der Waals surface area contributed by atoms with E-state index in [0.717, 1.165) is 22.7 Å². The Bertz CT molecular complexity index is 611. The number of ether oxygens (including phenoxy) is 1. The van der Waals surface area contributed by atoms with Crippen LogP contribution in [0, 0.1) is 0 Å². The number of rotatable bonds is 3. The topological polar surface area (TPSA) is 51.5 Å². The zero-order valence-corrected chi connectivity index (χ0v) is 10.4. The molecule has 0 amide bonds. The molecule has 0 unspecified atom stereocenters. The lowest BCUT2D eigenvalue weighted by molar-refractivity contribution is -0.136. The molecule has 0 saturated carbocycles. The number of fused-ring (bicyclic) bond motifs is 1. The first-order valence-electron chi connectivity index (χ1n) is 5.62. The van der Waals surface area contributed by atoms with E-state index in [1.807, 2.05) is 42.1 Å². The smallest absolute Gasteiger partial charge is 0.337 e. The highest BCUT2D eigenvalue weighted by molar-refractivity contribution is 5.91. The third kappa shape index (κ3) is 2.09. The van der Waals surface area contributed by atoms with Gasteiger partial charge in [-0.1, -0.05) is 18.2 Å². The molecular weight excluding hydrogens is 230 g/mol. The van der Waals surface area contributed by atoms with Crippen LogP contribution in [0.25, 0.3) is 10.9 Å². The van der Waals surface area contributed by atoms with Crippen molar-refractivity contribution in [3.05, 3.63) is 47.9 Å². The second-order valence-corrected chi connectivity index (χ2v) is 4.11. The number of aliphatic hydroxyl groups excluding tert-OH is 1. The van der Waals surface area contributed by atoms with Crippen molar-refractivity contribution in [1.29, 1.82) is 0 Å². The third-order valence-corrected chi connectivity index (χ3v) is 2.96. The van der Waals surface area contributed by atoms with Crippen LogP contribution in [0.4, 0.5) is 0 Å². The molecule has 0 aliphatic carbocycles. The van der Waals surface area contributed by atoms with Gasteiger partial charge in [0.25, 0.3) is 0 Å². The molecule has 1 N–H and O–H groups in total. The van der Waals surface area contributed by atoms with E-state index < -0.39 is 5.97 Å². The Morgan fingerprint density at radius 1 is 1.44 bits per heavy atom. The highest BCUT2D eigenvalue weighted by Gasteiger charge is 2.14. The number of aliphatic hydroxyl groups is 1. The standard InChI is InChI=1S/C14H15NO3/c1-15-8-10(7-11(9-16)14(17)18-2)12-5-3-4-6-13(12)15/h3-6,8-9,16H,7H2,1-2H3.